The monoisotopic (exact) mass is 433 g/mol. The third-order valence-electron chi connectivity index (χ3n) is 3.31. The molecule has 0 radical (unpaired) electrons. The van der Waals surface area contributed by atoms with E-state index in [2.05, 4.69) is 34.2 Å². The molecular weight excluding hydrogens is 405 g/mol. The summed E-state index contributed by atoms with van der Waals surface area (Å²) in [5, 5.41) is 6.56. The number of halogens is 1. The van der Waals surface area contributed by atoms with Gasteiger partial charge in [0.05, 0.1) is 12.7 Å². The van der Waals surface area contributed by atoms with Crippen LogP contribution in [0.3, 0.4) is 0 Å². The molecule has 0 aromatic heterocycles. The number of guanidine groups is 1. The van der Waals surface area contributed by atoms with Gasteiger partial charge >= 0.3 is 5.97 Å². The lowest BCUT2D eigenvalue weighted by molar-refractivity contribution is 0.0600. The molecule has 0 unspecified atom stereocenters. The van der Waals surface area contributed by atoms with E-state index in [4.69, 9.17) is 0 Å². The minimum Gasteiger partial charge on any atom is -0.465 e. The maximum Gasteiger partial charge on any atom is 0.337 e. The Morgan fingerprint density at radius 1 is 1.22 bits per heavy atom. The minimum atomic E-state index is -0.317. The minimum absolute atomic E-state index is 0. The van der Waals surface area contributed by atoms with E-state index in [1.165, 1.54) is 13.5 Å². The number of hydrogen-bond donors (Lipinski definition) is 2. The number of rotatable bonds is 7. The first kappa shape index (κ1) is 21.7. The number of nitrogens with zero attached hydrogens (tertiary/aromatic N) is 1. The summed E-state index contributed by atoms with van der Waals surface area (Å²) in [4.78, 5) is 15.6. The van der Waals surface area contributed by atoms with E-state index >= 15 is 0 Å². The van der Waals surface area contributed by atoms with E-state index < -0.39 is 0 Å². The molecule has 0 aliphatic carbocycles. The molecule has 1 aromatic carbocycles. The van der Waals surface area contributed by atoms with E-state index in [1.54, 1.807) is 19.2 Å². The number of aliphatic imine (C=N–C) groups is 1. The van der Waals surface area contributed by atoms with Crippen LogP contribution in [0.2, 0.25) is 0 Å². The second kappa shape index (κ2) is 12.2. The molecule has 0 saturated carbocycles. The van der Waals surface area contributed by atoms with Gasteiger partial charge in [-0.05, 0) is 36.5 Å². The maximum atomic E-state index is 11.4. The van der Waals surface area contributed by atoms with Crippen LogP contribution in [0.15, 0.2) is 29.3 Å². The molecule has 5 nitrogen and oxygen atoms in total. The van der Waals surface area contributed by atoms with Crippen molar-refractivity contribution in [3.8, 4) is 0 Å². The van der Waals surface area contributed by atoms with Gasteiger partial charge in [-0.2, -0.15) is 0 Å². The van der Waals surface area contributed by atoms with Crippen molar-refractivity contribution < 1.29 is 9.53 Å². The first-order chi connectivity index (χ1) is 10.6. The number of esters is 1. The molecule has 130 valence electrons. The average Bonchev–Trinajstić information content (AvgIpc) is 2.53. The first-order valence-corrected chi connectivity index (χ1v) is 7.68. The highest BCUT2D eigenvalue weighted by atomic mass is 127. The number of benzene rings is 1. The molecule has 0 saturated heterocycles. The molecule has 1 rings (SSSR count). The summed E-state index contributed by atoms with van der Waals surface area (Å²) in [6, 6.07) is 7.35. The van der Waals surface area contributed by atoms with Gasteiger partial charge in [0.15, 0.2) is 5.96 Å². The number of ether oxygens (including phenoxy) is 1. The number of methoxy groups -OCH3 is 1. The van der Waals surface area contributed by atoms with Gasteiger partial charge in [0, 0.05) is 20.1 Å². The van der Waals surface area contributed by atoms with Gasteiger partial charge in [-0.3, -0.25) is 4.99 Å². The zero-order valence-corrected chi connectivity index (χ0v) is 16.7. The van der Waals surface area contributed by atoms with Crippen LogP contribution in [0.1, 0.15) is 42.6 Å². The third-order valence-corrected chi connectivity index (χ3v) is 3.31. The Kier molecular flexibility index (Phi) is 11.5. The van der Waals surface area contributed by atoms with Crippen molar-refractivity contribution in [1.82, 2.24) is 10.6 Å². The molecule has 0 bridgehead atoms. The van der Waals surface area contributed by atoms with Crippen LogP contribution in [0, 0.1) is 5.92 Å². The SMILES string of the molecule is CN=C(NCCCC(C)C)NCc1ccc(C(=O)OC)cc1.I. The Morgan fingerprint density at radius 3 is 2.39 bits per heavy atom. The summed E-state index contributed by atoms with van der Waals surface area (Å²) in [5.74, 6) is 1.20. The Hall–Kier alpha value is -1.31. The van der Waals surface area contributed by atoms with Crippen LogP contribution in [-0.4, -0.2) is 32.6 Å². The summed E-state index contributed by atoms with van der Waals surface area (Å²) in [6.45, 7) is 6.03. The molecule has 6 heteroatoms. The van der Waals surface area contributed by atoms with Crippen molar-refractivity contribution in [2.45, 2.75) is 33.2 Å². The average molecular weight is 433 g/mol. The standard InChI is InChI=1S/C17H27N3O2.HI/c1-13(2)6-5-11-19-17(18-3)20-12-14-7-9-15(10-8-14)16(21)22-4;/h7-10,13H,5-6,11-12H2,1-4H3,(H2,18,19,20);1H. The largest absolute Gasteiger partial charge is 0.465 e. The van der Waals surface area contributed by atoms with Gasteiger partial charge in [-0.1, -0.05) is 26.0 Å². The number of carbonyl (C=O) groups excluding carboxylic acids is 1. The molecule has 0 aliphatic rings. The summed E-state index contributed by atoms with van der Waals surface area (Å²) in [7, 11) is 3.14. The highest BCUT2D eigenvalue weighted by Crippen LogP contribution is 2.05. The van der Waals surface area contributed by atoms with Crippen LogP contribution in [0.4, 0.5) is 0 Å². The number of nitrogens with one attached hydrogen (secondary N) is 2. The lowest BCUT2D eigenvalue weighted by atomic mass is 10.1. The van der Waals surface area contributed by atoms with Gasteiger partial charge in [0.25, 0.3) is 0 Å². The lowest BCUT2D eigenvalue weighted by Crippen LogP contribution is -2.37. The zero-order valence-electron chi connectivity index (χ0n) is 14.4. The molecule has 0 spiro atoms. The van der Waals surface area contributed by atoms with Crippen LogP contribution >= 0.6 is 24.0 Å². The molecule has 0 fully saturated rings. The van der Waals surface area contributed by atoms with Gasteiger partial charge in [-0.15, -0.1) is 24.0 Å². The van der Waals surface area contributed by atoms with Crippen LogP contribution in [0.25, 0.3) is 0 Å². The van der Waals surface area contributed by atoms with Crippen molar-refractivity contribution in [2.24, 2.45) is 10.9 Å². The van der Waals surface area contributed by atoms with Crippen molar-refractivity contribution in [3.63, 3.8) is 0 Å². The summed E-state index contributed by atoms with van der Waals surface area (Å²) < 4.78 is 4.68. The molecule has 0 atom stereocenters. The summed E-state index contributed by atoms with van der Waals surface area (Å²) in [6.07, 6.45) is 2.34. The second-order valence-corrected chi connectivity index (χ2v) is 5.58. The zero-order chi connectivity index (χ0) is 16.4. The fourth-order valence-electron chi connectivity index (χ4n) is 2.00. The quantitative estimate of drug-likeness (QED) is 0.228. The van der Waals surface area contributed by atoms with Crippen LogP contribution in [-0.2, 0) is 11.3 Å². The smallest absolute Gasteiger partial charge is 0.337 e. The molecule has 1 aromatic rings. The van der Waals surface area contributed by atoms with Gasteiger partial charge in [0.2, 0.25) is 0 Å². The van der Waals surface area contributed by atoms with Crippen molar-refractivity contribution in [2.75, 3.05) is 20.7 Å². The second-order valence-electron chi connectivity index (χ2n) is 5.58. The van der Waals surface area contributed by atoms with E-state index in [-0.39, 0.29) is 29.9 Å². The first-order valence-electron chi connectivity index (χ1n) is 7.68. The highest BCUT2D eigenvalue weighted by Gasteiger charge is 2.04. The van der Waals surface area contributed by atoms with Gasteiger partial charge < -0.3 is 15.4 Å². The molecule has 0 heterocycles. The predicted molar refractivity (Wildman–Crippen MR) is 105 cm³/mol. The number of hydrogen-bond acceptors (Lipinski definition) is 3. The van der Waals surface area contributed by atoms with Gasteiger partial charge in [0.1, 0.15) is 0 Å². The van der Waals surface area contributed by atoms with Crippen LogP contribution < -0.4 is 10.6 Å². The van der Waals surface area contributed by atoms with E-state index in [0.29, 0.717) is 12.1 Å². The molecule has 0 amide bonds. The fourth-order valence-corrected chi connectivity index (χ4v) is 2.00. The van der Waals surface area contributed by atoms with Crippen molar-refractivity contribution in [3.05, 3.63) is 35.4 Å². The predicted octanol–water partition coefficient (Wildman–Crippen LogP) is 3.19. The van der Waals surface area contributed by atoms with Crippen LogP contribution in [0.5, 0.6) is 0 Å². The van der Waals surface area contributed by atoms with Crippen molar-refractivity contribution in [1.29, 1.82) is 0 Å². The van der Waals surface area contributed by atoms with E-state index in [0.717, 1.165) is 30.4 Å². The molecular formula is C17H28IN3O2. The highest BCUT2D eigenvalue weighted by molar-refractivity contribution is 14.0. The third kappa shape index (κ3) is 8.78. The number of carbonyl (C=O) groups is 1. The van der Waals surface area contributed by atoms with E-state index in [9.17, 15) is 4.79 Å². The van der Waals surface area contributed by atoms with Crippen molar-refractivity contribution >= 4 is 35.9 Å². The molecule has 0 aliphatic heterocycles. The molecule has 2 N–H and O–H groups in total. The lowest BCUT2D eigenvalue weighted by Gasteiger charge is -2.12. The van der Waals surface area contributed by atoms with E-state index in [1.807, 2.05) is 12.1 Å². The Labute approximate surface area is 156 Å². The maximum absolute atomic E-state index is 11.4. The Morgan fingerprint density at radius 2 is 1.87 bits per heavy atom. The normalized spacial score (nSPS) is 10.9. The Balaban J connectivity index is 0.00000484. The van der Waals surface area contributed by atoms with Gasteiger partial charge in [-0.25, -0.2) is 4.79 Å². The fraction of sp³-hybridized carbons (Fsp3) is 0.529. The topological polar surface area (TPSA) is 62.7 Å². The summed E-state index contributed by atoms with van der Waals surface area (Å²) >= 11 is 0. The molecule has 23 heavy (non-hydrogen) atoms. The Bertz CT molecular complexity index is 487. The summed E-state index contributed by atoms with van der Waals surface area (Å²) in [5.41, 5.74) is 1.64.